The Labute approximate surface area is 96.7 Å². The highest BCUT2D eigenvalue weighted by Crippen LogP contribution is 2.24. The number of aromatic nitrogens is 2. The third kappa shape index (κ3) is 2.96. The molecule has 0 radical (unpaired) electrons. The Morgan fingerprint density at radius 1 is 1.50 bits per heavy atom. The normalized spacial score (nSPS) is 13.1. The van der Waals surface area contributed by atoms with Crippen LogP contribution in [0.2, 0.25) is 0 Å². The fourth-order valence-electron chi connectivity index (χ4n) is 1.57. The first kappa shape index (κ1) is 13.0. The minimum absolute atomic E-state index is 0.0878. The molecule has 0 spiro atoms. The van der Waals surface area contributed by atoms with Crippen molar-refractivity contribution in [1.82, 2.24) is 15.1 Å². The van der Waals surface area contributed by atoms with Crippen molar-refractivity contribution in [2.24, 2.45) is 7.05 Å². The lowest BCUT2D eigenvalue weighted by molar-refractivity contribution is 0.0606. The predicted molar refractivity (Wildman–Crippen MR) is 62.6 cm³/mol. The summed E-state index contributed by atoms with van der Waals surface area (Å²) in [5.74, 6) is 0.786. The second-order valence-electron chi connectivity index (χ2n) is 3.95. The Bertz CT molecular complexity index is 323. The molecular weight excluding hydrogens is 206 g/mol. The van der Waals surface area contributed by atoms with Gasteiger partial charge in [0, 0.05) is 7.05 Å². The van der Waals surface area contributed by atoms with Crippen LogP contribution in [0.4, 0.5) is 0 Å². The smallest absolute Gasteiger partial charge is 0.161 e. The van der Waals surface area contributed by atoms with Crippen LogP contribution in [0.5, 0.6) is 5.75 Å². The number of hydrogen-bond donors (Lipinski definition) is 1. The Hall–Kier alpha value is -1.07. The molecule has 1 unspecified atom stereocenters. The Morgan fingerprint density at radius 2 is 2.19 bits per heavy atom. The van der Waals surface area contributed by atoms with Crippen LogP contribution in [0.15, 0.2) is 6.20 Å². The van der Waals surface area contributed by atoms with E-state index in [1.807, 2.05) is 32.6 Å². The monoisotopic (exact) mass is 227 g/mol. The van der Waals surface area contributed by atoms with Crippen LogP contribution in [0.1, 0.15) is 25.6 Å². The Kier molecular flexibility index (Phi) is 4.76. The number of likely N-dealkylation sites (N-methyl/N-ethyl adjacent to an activating group) is 1. The second-order valence-corrected chi connectivity index (χ2v) is 3.95. The third-order valence-electron chi connectivity index (χ3n) is 2.44. The van der Waals surface area contributed by atoms with Crippen LogP contribution in [0.25, 0.3) is 0 Å². The summed E-state index contributed by atoms with van der Waals surface area (Å²) in [5.41, 5.74) is 1.01. The SMILES string of the molecule is CNC(COC(C)C)c1c(OC)cnn1C. The van der Waals surface area contributed by atoms with Gasteiger partial charge in [-0.25, -0.2) is 0 Å². The van der Waals surface area contributed by atoms with Gasteiger partial charge in [0.05, 0.1) is 37.8 Å². The van der Waals surface area contributed by atoms with E-state index in [9.17, 15) is 0 Å². The van der Waals surface area contributed by atoms with Gasteiger partial charge in [0.15, 0.2) is 5.75 Å². The summed E-state index contributed by atoms with van der Waals surface area (Å²) in [4.78, 5) is 0. The molecule has 0 saturated carbocycles. The number of ether oxygens (including phenoxy) is 2. The van der Waals surface area contributed by atoms with E-state index in [0.29, 0.717) is 6.61 Å². The Morgan fingerprint density at radius 3 is 2.69 bits per heavy atom. The molecule has 1 rings (SSSR count). The first-order chi connectivity index (χ1) is 7.60. The molecule has 5 heteroatoms. The quantitative estimate of drug-likeness (QED) is 0.791. The van der Waals surface area contributed by atoms with Gasteiger partial charge in [-0.1, -0.05) is 0 Å². The molecule has 0 amide bonds. The molecule has 0 fully saturated rings. The highest BCUT2D eigenvalue weighted by Gasteiger charge is 2.19. The first-order valence-corrected chi connectivity index (χ1v) is 5.44. The van der Waals surface area contributed by atoms with E-state index < -0.39 is 0 Å². The molecule has 5 nitrogen and oxygen atoms in total. The zero-order chi connectivity index (χ0) is 12.1. The molecule has 1 heterocycles. The van der Waals surface area contributed by atoms with E-state index in [0.717, 1.165) is 11.4 Å². The summed E-state index contributed by atoms with van der Waals surface area (Å²) in [6.07, 6.45) is 1.93. The van der Waals surface area contributed by atoms with Crippen LogP contribution in [0.3, 0.4) is 0 Å². The largest absolute Gasteiger partial charge is 0.493 e. The van der Waals surface area contributed by atoms with Crippen molar-refractivity contribution in [3.05, 3.63) is 11.9 Å². The average Bonchev–Trinajstić information content (AvgIpc) is 2.61. The molecule has 92 valence electrons. The molecule has 16 heavy (non-hydrogen) atoms. The van der Waals surface area contributed by atoms with Crippen molar-refractivity contribution in [1.29, 1.82) is 0 Å². The summed E-state index contributed by atoms with van der Waals surface area (Å²) < 4.78 is 12.7. The summed E-state index contributed by atoms with van der Waals surface area (Å²) >= 11 is 0. The van der Waals surface area contributed by atoms with Crippen LogP contribution in [0, 0.1) is 0 Å². The summed E-state index contributed by atoms with van der Waals surface area (Å²) in [5, 5.41) is 7.39. The van der Waals surface area contributed by atoms with E-state index in [-0.39, 0.29) is 12.1 Å². The van der Waals surface area contributed by atoms with E-state index in [4.69, 9.17) is 9.47 Å². The zero-order valence-electron chi connectivity index (χ0n) is 10.7. The molecule has 0 aliphatic carbocycles. The van der Waals surface area contributed by atoms with Gasteiger partial charge in [0.25, 0.3) is 0 Å². The topological polar surface area (TPSA) is 48.3 Å². The highest BCUT2D eigenvalue weighted by molar-refractivity contribution is 5.28. The molecule has 1 N–H and O–H groups in total. The van der Waals surface area contributed by atoms with Gasteiger partial charge in [-0.2, -0.15) is 5.10 Å². The van der Waals surface area contributed by atoms with Crippen molar-refractivity contribution >= 4 is 0 Å². The average molecular weight is 227 g/mol. The fraction of sp³-hybridized carbons (Fsp3) is 0.727. The van der Waals surface area contributed by atoms with Gasteiger partial charge in [-0.05, 0) is 20.9 Å². The van der Waals surface area contributed by atoms with Crippen molar-refractivity contribution in [3.63, 3.8) is 0 Å². The summed E-state index contributed by atoms with van der Waals surface area (Å²) in [6, 6.07) is 0.0878. The molecule has 0 aliphatic heterocycles. The van der Waals surface area contributed by atoms with Crippen molar-refractivity contribution in [3.8, 4) is 5.75 Å². The first-order valence-electron chi connectivity index (χ1n) is 5.44. The summed E-state index contributed by atoms with van der Waals surface area (Å²) in [6.45, 7) is 4.64. The second kappa shape index (κ2) is 5.86. The maximum absolute atomic E-state index is 5.61. The molecular formula is C11H21N3O2. The van der Waals surface area contributed by atoms with E-state index in [2.05, 4.69) is 10.4 Å². The van der Waals surface area contributed by atoms with Crippen LogP contribution < -0.4 is 10.1 Å². The van der Waals surface area contributed by atoms with Gasteiger partial charge >= 0.3 is 0 Å². The molecule has 1 atom stereocenters. The molecule has 1 aromatic rings. The lowest BCUT2D eigenvalue weighted by Crippen LogP contribution is -2.26. The van der Waals surface area contributed by atoms with Crippen LogP contribution in [-0.2, 0) is 11.8 Å². The van der Waals surface area contributed by atoms with E-state index >= 15 is 0 Å². The fourth-order valence-corrected chi connectivity index (χ4v) is 1.57. The zero-order valence-corrected chi connectivity index (χ0v) is 10.7. The van der Waals surface area contributed by atoms with Gasteiger partial charge < -0.3 is 14.8 Å². The van der Waals surface area contributed by atoms with Crippen LogP contribution >= 0.6 is 0 Å². The molecule has 0 aliphatic rings. The maximum atomic E-state index is 5.61. The minimum atomic E-state index is 0.0878. The lowest BCUT2D eigenvalue weighted by Gasteiger charge is -2.19. The van der Waals surface area contributed by atoms with Crippen molar-refractivity contribution in [2.75, 3.05) is 20.8 Å². The maximum Gasteiger partial charge on any atom is 0.161 e. The van der Waals surface area contributed by atoms with Crippen molar-refractivity contribution in [2.45, 2.75) is 26.0 Å². The van der Waals surface area contributed by atoms with Crippen molar-refractivity contribution < 1.29 is 9.47 Å². The highest BCUT2D eigenvalue weighted by atomic mass is 16.5. The summed E-state index contributed by atoms with van der Waals surface area (Å²) in [7, 11) is 5.45. The van der Waals surface area contributed by atoms with Gasteiger partial charge in [-0.3, -0.25) is 4.68 Å². The van der Waals surface area contributed by atoms with E-state index in [1.54, 1.807) is 13.3 Å². The molecule has 0 bridgehead atoms. The van der Waals surface area contributed by atoms with Gasteiger partial charge in [-0.15, -0.1) is 0 Å². The lowest BCUT2D eigenvalue weighted by atomic mass is 10.2. The Balaban J connectivity index is 2.81. The van der Waals surface area contributed by atoms with Crippen LogP contribution in [-0.4, -0.2) is 36.6 Å². The molecule has 1 aromatic heterocycles. The number of hydrogen-bond acceptors (Lipinski definition) is 4. The predicted octanol–water partition coefficient (Wildman–Crippen LogP) is 1.11. The third-order valence-corrected chi connectivity index (χ3v) is 2.44. The number of nitrogens with zero attached hydrogens (tertiary/aromatic N) is 2. The van der Waals surface area contributed by atoms with Gasteiger partial charge in [0.1, 0.15) is 0 Å². The van der Waals surface area contributed by atoms with Gasteiger partial charge in [0.2, 0.25) is 0 Å². The number of methoxy groups -OCH3 is 1. The standard InChI is InChI=1S/C11H21N3O2/c1-8(2)16-7-9(12-3)11-10(15-5)6-13-14(11)4/h6,8-9,12H,7H2,1-5H3. The number of nitrogens with one attached hydrogen (secondary N) is 1. The van der Waals surface area contributed by atoms with E-state index in [1.165, 1.54) is 0 Å². The minimum Gasteiger partial charge on any atom is -0.493 e. The number of aryl methyl sites for hydroxylation is 1. The number of rotatable bonds is 6. The molecule has 0 aromatic carbocycles. The molecule has 0 saturated heterocycles.